The Bertz CT molecular complexity index is 108. The van der Waals surface area contributed by atoms with Crippen LogP contribution in [0.25, 0.3) is 0 Å². The van der Waals surface area contributed by atoms with Crippen LogP contribution >= 0.6 is 15.9 Å². The van der Waals surface area contributed by atoms with Crippen LogP contribution in [-0.4, -0.2) is 4.83 Å². The van der Waals surface area contributed by atoms with E-state index in [0.29, 0.717) is 0 Å². The molecular formula is C12H25Br. The van der Waals surface area contributed by atoms with E-state index in [-0.39, 0.29) is 0 Å². The molecule has 0 radical (unpaired) electrons. The summed E-state index contributed by atoms with van der Waals surface area (Å²) in [6.45, 7) is 9.18. The van der Waals surface area contributed by atoms with E-state index in [1.54, 1.807) is 0 Å². The highest BCUT2D eigenvalue weighted by Crippen LogP contribution is 2.19. The molecule has 0 aromatic rings. The van der Waals surface area contributed by atoms with Crippen molar-refractivity contribution in [2.45, 2.75) is 64.6 Å². The number of halogens is 1. The van der Waals surface area contributed by atoms with Crippen LogP contribution in [0.4, 0.5) is 0 Å². The average molecular weight is 249 g/mol. The van der Waals surface area contributed by atoms with E-state index in [2.05, 4.69) is 43.6 Å². The lowest BCUT2D eigenvalue weighted by Gasteiger charge is -2.13. The van der Waals surface area contributed by atoms with Crippen molar-refractivity contribution in [3.8, 4) is 0 Å². The van der Waals surface area contributed by atoms with E-state index in [9.17, 15) is 0 Å². The molecule has 1 heteroatoms. The monoisotopic (exact) mass is 248 g/mol. The summed E-state index contributed by atoms with van der Waals surface area (Å²) >= 11 is 3.72. The third-order valence-corrected chi connectivity index (χ3v) is 4.00. The lowest BCUT2D eigenvalue weighted by atomic mass is 10.0. The van der Waals surface area contributed by atoms with Crippen molar-refractivity contribution in [2.24, 2.45) is 11.8 Å². The van der Waals surface area contributed by atoms with Crippen LogP contribution in [0.15, 0.2) is 0 Å². The molecule has 0 aliphatic carbocycles. The van der Waals surface area contributed by atoms with Crippen molar-refractivity contribution < 1.29 is 0 Å². The van der Waals surface area contributed by atoms with Crippen LogP contribution in [0, 0.1) is 11.8 Å². The van der Waals surface area contributed by atoms with Gasteiger partial charge in [0.2, 0.25) is 0 Å². The standard InChI is InChI=1S/C12H25Br/c1-10(2)8-6-5-7-9-12(13)11(3)4/h10-12H,5-9H2,1-4H3. The first-order valence-electron chi connectivity index (χ1n) is 5.68. The maximum Gasteiger partial charge on any atom is 0.0168 e. The zero-order chi connectivity index (χ0) is 10.3. The molecule has 1 unspecified atom stereocenters. The molecule has 0 saturated heterocycles. The van der Waals surface area contributed by atoms with Gasteiger partial charge in [0.15, 0.2) is 0 Å². The summed E-state index contributed by atoms with van der Waals surface area (Å²) in [6, 6.07) is 0. The molecule has 0 heterocycles. The Morgan fingerprint density at radius 3 is 1.85 bits per heavy atom. The van der Waals surface area contributed by atoms with E-state index in [4.69, 9.17) is 0 Å². The van der Waals surface area contributed by atoms with Crippen molar-refractivity contribution >= 4 is 15.9 Å². The van der Waals surface area contributed by atoms with Gasteiger partial charge in [-0.3, -0.25) is 0 Å². The Morgan fingerprint density at radius 1 is 0.846 bits per heavy atom. The summed E-state index contributed by atoms with van der Waals surface area (Å²) in [7, 11) is 0. The van der Waals surface area contributed by atoms with Crippen LogP contribution in [0.2, 0.25) is 0 Å². The highest BCUT2D eigenvalue weighted by Gasteiger charge is 2.07. The van der Waals surface area contributed by atoms with Crippen LogP contribution in [0.5, 0.6) is 0 Å². The van der Waals surface area contributed by atoms with E-state index < -0.39 is 0 Å². The van der Waals surface area contributed by atoms with E-state index in [0.717, 1.165) is 16.7 Å². The highest BCUT2D eigenvalue weighted by molar-refractivity contribution is 9.09. The van der Waals surface area contributed by atoms with Crippen LogP contribution in [0.1, 0.15) is 59.8 Å². The predicted octanol–water partition coefficient (Wildman–Crippen LogP) is 5.01. The van der Waals surface area contributed by atoms with Crippen molar-refractivity contribution in [1.29, 1.82) is 0 Å². The summed E-state index contributed by atoms with van der Waals surface area (Å²) in [5, 5.41) is 0. The third kappa shape index (κ3) is 8.80. The molecule has 0 fully saturated rings. The normalized spacial score (nSPS) is 14.1. The summed E-state index contributed by atoms with van der Waals surface area (Å²) in [4.78, 5) is 0.728. The summed E-state index contributed by atoms with van der Waals surface area (Å²) in [5.41, 5.74) is 0. The average Bonchev–Trinajstić information content (AvgIpc) is 2.02. The first-order chi connectivity index (χ1) is 6.04. The predicted molar refractivity (Wildman–Crippen MR) is 65.5 cm³/mol. The second-order valence-electron chi connectivity index (χ2n) is 4.79. The van der Waals surface area contributed by atoms with Gasteiger partial charge in [0.25, 0.3) is 0 Å². The van der Waals surface area contributed by atoms with Gasteiger partial charge in [0.1, 0.15) is 0 Å². The molecule has 0 saturated carbocycles. The summed E-state index contributed by atoms with van der Waals surface area (Å²) < 4.78 is 0. The van der Waals surface area contributed by atoms with Crippen LogP contribution in [0.3, 0.4) is 0 Å². The van der Waals surface area contributed by atoms with Crippen molar-refractivity contribution in [2.75, 3.05) is 0 Å². The molecule has 0 bridgehead atoms. The van der Waals surface area contributed by atoms with Gasteiger partial charge < -0.3 is 0 Å². The lowest BCUT2D eigenvalue weighted by molar-refractivity contribution is 0.498. The first-order valence-corrected chi connectivity index (χ1v) is 6.59. The zero-order valence-corrected chi connectivity index (χ0v) is 11.2. The number of rotatable bonds is 7. The van der Waals surface area contributed by atoms with Crippen LogP contribution in [-0.2, 0) is 0 Å². The molecule has 0 aromatic heterocycles. The van der Waals surface area contributed by atoms with Gasteiger partial charge in [-0.05, 0) is 18.3 Å². The Labute approximate surface area is 92.6 Å². The molecule has 0 amide bonds. The third-order valence-electron chi connectivity index (χ3n) is 2.48. The second kappa shape index (κ2) is 7.84. The van der Waals surface area contributed by atoms with E-state index in [1.165, 1.54) is 32.1 Å². The Balaban J connectivity index is 3.16. The van der Waals surface area contributed by atoms with Crippen LogP contribution < -0.4 is 0 Å². The number of hydrogen-bond donors (Lipinski definition) is 0. The van der Waals surface area contributed by atoms with Gasteiger partial charge in [0, 0.05) is 4.83 Å². The molecule has 0 aliphatic rings. The van der Waals surface area contributed by atoms with Gasteiger partial charge in [-0.1, -0.05) is 69.3 Å². The topological polar surface area (TPSA) is 0 Å². The molecule has 0 aliphatic heterocycles. The second-order valence-corrected chi connectivity index (χ2v) is 5.97. The van der Waals surface area contributed by atoms with Gasteiger partial charge in [-0.25, -0.2) is 0 Å². The molecule has 80 valence electrons. The smallest absolute Gasteiger partial charge is 0.0168 e. The molecule has 13 heavy (non-hydrogen) atoms. The van der Waals surface area contributed by atoms with Gasteiger partial charge in [0.05, 0.1) is 0 Å². The SMILES string of the molecule is CC(C)CCCCCC(Br)C(C)C. The molecule has 0 rings (SSSR count). The fourth-order valence-electron chi connectivity index (χ4n) is 1.40. The largest absolute Gasteiger partial charge is 0.0888 e. The number of unbranched alkanes of at least 4 members (excludes halogenated alkanes) is 2. The van der Waals surface area contributed by atoms with E-state index >= 15 is 0 Å². The fourth-order valence-corrected chi connectivity index (χ4v) is 1.73. The van der Waals surface area contributed by atoms with Crippen molar-refractivity contribution in [1.82, 2.24) is 0 Å². The Morgan fingerprint density at radius 2 is 1.38 bits per heavy atom. The minimum Gasteiger partial charge on any atom is -0.0888 e. The molecular weight excluding hydrogens is 224 g/mol. The van der Waals surface area contributed by atoms with Crippen molar-refractivity contribution in [3.05, 3.63) is 0 Å². The maximum absolute atomic E-state index is 3.72. The van der Waals surface area contributed by atoms with Crippen molar-refractivity contribution in [3.63, 3.8) is 0 Å². The Hall–Kier alpha value is 0.480. The maximum atomic E-state index is 3.72. The lowest BCUT2D eigenvalue weighted by Crippen LogP contribution is -2.06. The molecule has 0 N–H and O–H groups in total. The van der Waals surface area contributed by atoms with E-state index in [1.807, 2.05) is 0 Å². The van der Waals surface area contributed by atoms with Gasteiger partial charge in [-0.2, -0.15) is 0 Å². The highest BCUT2D eigenvalue weighted by atomic mass is 79.9. The first kappa shape index (κ1) is 13.5. The number of alkyl halides is 1. The number of hydrogen-bond acceptors (Lipinski definition) is 0. The fraction of sp³-hybridized carbons (Fsp3) is 1.00. The zero-order valence-electron chi connectivity index (χ0n) is 9.65. The van der Waals surface area contributed by atoms with Gasteiger partial charge >= 0.3 is 0 Å². The Kier molecular flexibility index (Phi) is 8.13. The molecule has 1 atom stereocenters. The molecule has 0 nitrogen and oxygen atoms in total. The summed E-state index contributed by atoms with van der Waals surface area (Å²) in [5.74, 6) is 1.66. The van der Waals surface area contributed by atoms with Gasteiger partial charge in [-0.15, -0.1) is 0 Å². The minimum absolute atomic E-state index is 0.728. The quantitative estimate of drug-likeness (QED) is 0.439. The molecule has 0 spiro atoms. The minimum atomic E-state index is 0.728. The summed E-state index contributed by atoms with van der Waals surface area (Å²) in [6.07, 6.45) is 6.95. The molecule has 0 aromatic carbocycles.